The second-order valence-electron chi connectivity index (χ2n) is 5.36. The lowest BCUT2D eigenvalue weighted by Gasteiger charge is -2.36. The molecule has 23 heavy (non-hydrogen) atoms. The highest BCUT2D eigenvalue weighted by molar-refractivity contribution is 7.11. The van der Waals surface area contributed by atoms with Crippen LogP contribution in [0.15, 0.2) is 30.5 Å². The summed E-state index contributed by atoms with van der Waals surface area (Å²) in [5, 5.41) is 3.65. The highest BCUT2D eigenvalue weighted by Crippen LogP contribution is 2.34. The topological polar surface area (TPSA) is 28.2 Å². The van der Waals surface area contributed by atoms with Gasteiger partial charge < -0.3 is 5.32 Å². The molecule has 1 atom stereocenters. The SMILES string of the molecule is Fc1cccc(C2CNCCN2Cc2ncc(C(F)(F)F)s2)c1. The van der Waals surface area contributed by atoms with Crippen LogP contribution in [0.4, 0.5) is 17.6 Å². The molecule has 1 unspecified atom stereocenters. The molecule has 0 saturated carbocycles. The van der Waals surface area contributed by atoms with E-state index in [1.165, 1.54) is 12.1 Å². The summed E-state index contributed by atoms with van der Waals surface area (Å²) in [5.41, 5.74) is 0.810. The third kappa shape index (κ3) is 3.88. The Balaban J connectivity index is 1.78. The quantitative estimate of drug-likeness (QED) is 0.864. The molecule has 3 nitrogen and oxygen atoms in total. The van der Waals surface area contributed by atoms with Crippen LogP contribution in [-0.4, -0.2) is 29.5 Å². The molecule has 8 heteroatoms. The Morgan fingerprint density at radius 1 is 1.35 bits per heavy atom. The van der Waals surface area contributed by atoms with Crippen LogP contribution in [0.1, 0.15) is 21.5 Å². The largest absolute Gasteiger partial charge is 0.427 e. The molecule has 0 spiro atoms. The summed E-state index contributed by atoms with van der Waals surface area (Å²) in [7, 11) is 0. The number of hydrogen-bond acceptors (Lipinski definition) is 4. The molecule has 1 saturated heterocycles. The van der Waals surface area contributed by atoms with E-state index in [1.54, 1.807) is 6.07 Å². The Labute approximate surface area is 135 Å². The van der Waals surface area contributed by atoms with E-state index in [0.29, 0.717) is 36.0 Å². The second kappa shape index (κ2) is 6.54. The molecule has 2 aromatic rings. The van der Waals surface area contributed by atoms with E-state index in [0.717, 1.165) is 18.3 Å². The minimum absolute atomic E-state index is 0.0855. The van der Waals surface area contributed by atoms with Crippen LogP contribution in [0.2, 0.25) is 0 Å². The second-order valence-corrected chi connectivity index (χ2v) is 6.48. The number of benzene rings is 1. The number of nitrogens with one attached hydrogen (secondary N) is 1. The van der Waals surface area contributed by atoms with Crippen molar-refractivity contribution in [3.63, 3.8) is 0 Å². The molecular weight excluding hydrogens is 330 g/mol. The highest BCUT2D eigenvalue weighted by Gasteiger charge is 2.34. The van der Waals surface area contributed by atoms with Crippen LogP contribution in [-0.2, 0) is 12.7 Å². The predicted octanol–water partition coefficient (Wildman–Crippen LogP) is 3.45. The zero-order chi connectivity index (χ0) is 16.4. The first-order chi connectivity index (χ1) is 10.9. The number of hydrogen-bond donors (Lipinski definition) is 1. The predicted molar refractivity (Wildman–Crippen MR) is 79.5 cm³/mol. The molecule has 0 aliphatic carbocycles. The van der Waals surface area contributed by atoms with Crippen LogP contribution in [0.5, 0.6) is 0 Å². The van der Waals surface area contributed by atoms with Crippen LogP contribution in [0.25, 0.3) is 0 Å². The first-order valence-corrected chi connectivity index (χ1v) is 7.97. The van der Waals surface area contributed by atoms with Crippen molar-refractivity contribution in [2.24, 2.45) is 0 Å². The van der Waals surface area contributed by atoms with Gasteiger partial charge in [0.2, 0.25) is 0 Å². The van der Waals surface area contributed by atoms with Gasteiger partial charge in [-0.1, -0.05) is 12.1 Å². The average molecular weight is 345 g/mol. The third-order valence-electron chi connectivity index (χ3n) is 3.76. The number of piperazine rings is 1. The van der Waals surface area contributed by atoms with E-state index in [2.05, 4.69) is 10.3 Å². The number of thiazole rings is 1. The minimum Gasteiger partial charge on any atom is -0.314 e. The first-order valence-electron chi connectivity index (χ1n) is 7.15. The first kappa shape index (κ1) is 16.4. The van der Waals surface area contributed by atoms with E-state index in [1.807, 2.05) is 11.0 Å². The van der Waals surface area contributed by atoms with Gasteiger partial charge in [-0.05, 0) is 17.7 Å². The number of nitrogens with zero attached hydrogens (tertiary/aromatic N) is 2. The monoisotopic (exact) mass is 345 g/mol. The molecule has 0 amide bonds. The third-order valence-corrected chi connectivity index (χ3v) is 4.79. The molecule has 1 aliphatic heterocycles. The lowest BCUT2D eigenvalue weighted by Crippen LogP contribution is -2.45. The summed E-state index contributed by atoms with van der Waals surface area (Å²) in [5.74, 6) is -0.318. The summed E-state index contributed by atoms with van der Waals surface area (Å²) >= 11 is 0.662. The lowest BCUT2D eigenvalue weighted by molar-refractivity contribution is -0.134. The van der Waals surface area contributed by atoms with Gasteiger partial charge >= 0.3 is 6.18 Å². The van der Waals surface area contributed by atoms with Gasteiger partial charge in [0.15, 0.2) is 0 Å². The molecule has 1 aromatic heterocycles. The van der Waals surface area contributed by atoms with Gasteiger partial charge in [0.25, 0.3) is 0 Å². The van der Waals surface area contributed by atoms with Gasteiger partial charge in [-0.2, -0.15) is 13.2 Å². The molecule has 124 valence electrons. The van der Waals surface area contributed by atoms with E-state index in [-0.39, 0.29) is 11.9 Å². The van der Waals surface area contributed by atoms with Crippen LogP contribution < -0.4 is 5.32 Å². The molecule has 1 N–H and O–H groups in total. The van der Waals surface area contributed by atoms with Crippen molar-refractivity contribution in [2.45, 2.75) is 18.8 Å². The maximum absolute atomic E-state index is 13.4. The van der Waals surface area contributed by atoms with Gasteiger partial charge in [0.1, 0.15) is 15.7 Å². The zero-order valence-electron chi connectivity index (χ0n) is 12.1. The average Bonchev–Trinajstić information content (AvgIpc) is 2.96. The zero-order valence-corrected chi connectivity index (χ0v) is 12.9. The van der Waals surface area contributed by atoms with Crippen molar-refractivity contribution in [1.29, 1.82) is 0 Å². The van der Waals surface area contributed by atoms with Gasteiger partial charge in [-0.25, -0.2) is 9.37 Å². The van der Waals surface area contributed by atoms with E-state index < -0.39 is 11.1 Å². The van der Waals surface area contributed by atoms with Crippen molar-refractivity contribution in [3.8, 4) is 0 Å². The van der Waals surface area contributed by atoms with Gasteiger partial charge in [0.05, 0.1) is 12.7 Å². The van der Waals surface area contributed by atoms with Gasteiger partial charge in [-0.15, -0.1) is 11.3 Å². The molecular formula is C15H15F4N3S. The van der Waals surface area contributed by atoms with Crippen LogP contribution in [0.3, 0.4) is 0 Å². The van der Waals surface area contributed by atoms with Crippen LogP contribution in [0, 0.1) is 5.82 Å². The Morgan fingerprint density at radius 2 is 2.17 bits per heavy atom. The van der Waals surface area contributed by atoms with Crippen LogP contribution >= 0.6 is 11.3 Å². The summed E-state index contributed by atoms with van der Waals surface area (Å²) < 4.78 is 51.4. The summed E-state index contributed by atoms with van der Waals surface area (Å²) in [6.07, 6.45) is -3.49. The Bertz CT molecular complexity index is 671. The van der Waals surface area contributed by atoms with Crippen molar-refractivity contribution < 1.29 is 17.6 Å². The molecule has 0 bridgehead atoms. The Hall–Kier alpha value is -1.51. The summed E-state index contributed by atoms with van der Waals surface area (Å²) in [6.45, 7) is 2.36. The van der Waals surface area contributed by atoms with E-state index in [9.17, 15) is 17.6 Å². The fourth-order valence-corrected chi connectivity index (χ4v) is 3.48. The normalized spacial score (nSPS) is 19.9. The lowest BCUT2D eigenvalue weighted by atomic mass is 10.0. The number of rotatable bonds is 3. The number of aromatic nitrogens is 1. The maximum atomic E-state index is 13.4. The molecule has 1 fully saturated rings. The van der Waals surface area contributed by atoms with Crippen molar-refractivity contribution in [1.82, 2.24) is 15.2 Å². The van der Waals surface area contributed by atoms with Gasteiger partial charge in [0, 0.05) is 25.7 Å². The molecule has 2 heterocycles. The smallest absolute Gasteiger partial charge is 0.314 e. The molecule has 3 rings (SSSR count). The number of halogens is 4. The Morgan fingerprint density at radius 3 is 2.87 bits per heavy atom. The fourth-order valence-electron chi connectivity index (χ4n) is 2.67. The van der Waals surface area contributed by atoms with Crippen molar-refractivity contribution in [3.05, 3.63) is 51.7 Å². The fraction of sp³-hybridized carbons (Fsp3) is 0.400. The number of alkyl halides is 3. The molecule has 1 aliphatic rings. The molecule has 1 aromatic carbocycles. The standard InChI is InChI=1S/C15H15F4N3S/c16-11-3-1-2-10(6-11)12-7-20-4-5-22(12)9-14-21-8-13(23-14)15(17,18)19/h1-3,6,8,12,20H,4-5,7,9H2. The summed E-state index contributed by atoms with van der Waals surface area (Å²) in [4.78, 5) is 5.23. The van der Waals surface area contributed by atoms with Gasteiger partial charge in [-0.3, -0.25) is 4.90 Å². The van der Waals surface area contributed by atoms with E-state index in [4.69, 9.17) is 0 Å². The summed E-state index contributed by atoms with van der Waals surface area (Å²) in [6, 6.07) is 6.23. The Kier molecular flexibility index (Phi) is 4.65. The minimum atomic E-state index is -4.36. The molecule has 0 radical (unpaired) electrons. The van der Waals surface area contributed by atoms with Crippen molar-refractivity contribution in [2.75, 3.05) is 19.6 Å². The van der Waals surface area contributed by atoms with Crippen molar-refractivity contribution >= 4 is 11.3 Å². The maximum Gasteiger partial charge on any atom is 0.427 e. The van der Waals surface area contributed by atoms with E-state index >= 15 is 0 Å². The highest BCUT2D eigenvalue weighted by atomic mass is 32.1.